The number of fused-ring (bicyclic) bond motifs is 1. The molecule has 2 atom stereocenters. The van der Waals surface area contributed by atoms with Gasteiger partial charge in [-0.1, -0.05) is 49.4 Å². The number of amides is 2. The first-order chi connectivity index (χ1) is 13.9. The summed E-state index contributed by atoms with van der Waals surface area (Å²) in [6.07, 6.45) is 0.590. The van der Waals surface area contributed by atoms with Gasteiger partial charge in [0.15, 0.2) is 0 Å². The Hall–Kier alpha value is -3.08. The minimum absolute atomic E-state index is 0.193. The standard InChI is InChI=1S/C24H26N2O3/c1-5-21-22(27)25-23(28)24(21,18-9-6-15(2)7-10-18)14-26-13-17-8-11-19(29-4)12-20(17)16(26)3/h6-12,21H,3,5,13-14H2,1-2,4H3,(H,25,27,28)/t21?,24-/m1/s1. The first-order valence-corrected chi connectivity index (χ1v) is 9.94. The Morgan fingerprint density at radius 1 is 1.21 bits per heavy atom. The predicted molar refractivity (Wildman–Crippen MR) is 112 cm³/mol. The van der Waals surface area contributed by atoms with Crippen molar-refractivity contribution in [1.82, 2.24) is 10.2 Å². The highest BCUT2D eigenvalue weighted by molar-refractivity contribution is 6.10. The van der Waals surface area contributed by atoms with Crippen molar-refractivity contribution >= 4 is 17.5 Å². The fourth-order valence-electron chi connectivity index (χ4n) is 4.70. The lowest BCUT2D eigenvalue weighted by Crippen LogP contribution is -2.48. The van der Waals surface area contributed by atoms with Crippen LogP contribution in [0.15, 0.2) is 49.0 Å². The van der Waals surface area contributed by atoms with E-state index in [4.69, 9.17) is 4.74 Å². The molecule has 2 aromatic carbocycles. The zero-order valence-electron chi connectivity index (χ0n) is 17.1. The maximum absolute atomic E-state index is 13.2. The Balaban J connectivity index is 1.76. The molecule has 1 N–H and O–H groups in total. The van der Waals surface area contributed by atoms with Crippen LogP contribution in [-0.4, -0.2) is 30.4 Å². The molecule has 5 heteroatoms. The van der Waals surface area contributed by atoms with Gasteiger partial charge in [-0.3, -0.25) is 14.9 Å². The minimum Gasteiger partial charge on any atom is -0.497 e. The van der Waals surface area contributed by atoms with Gasteiger partial charge in [-0.05, 0) is 36.6 Å². The molecule has 2 aliphatic rings. The van der Waals surface area contributed by atoms with Gasteiger partial charge in [0.2, 0.25) is 11.8 Å². The lowest BCUT2D eigenvalue weighted by atomic mass is 9.70. The molecule has 2 heterocycles. The fourth-order valence-corrected chi connectivity index (χ4v) is 4.70. The van der Waals surface area contributed by atoms with Crippen molar-refractivity contribution in [2.24, 2.45) is 5.92 Å². The van der Waals surface area contributed by atoms with Gasteiger partial charge in [0.25, 0.3) is 0 Å². The van der Waals surface area contributed by atoms with E-state index in [0.717, 1.165) is 33.7 Å². The Morgan fingerprint density at radius 3 is 2.59 bits per heavy atom. The molecule has 29 heavy (non-hydrogen) atoms. The molecule has 0 radical (unpaired) electrons. The zero-order valence-corrected chi connectivity index (χ0v) is 17.1. The van der Waals surface area contributed by atoms with Crippen LogP contribution in [0.25, 0.3) is 5.70 Å². The second-order valence-corrected chi connectivity index (χ2v) is 7.94. The molecule has 0 bridgehead atoms. The summed E-state index contributed by atoms with van der Waals surface area (Å²) < 4.78 is 5.35. The van der Waals surface area contributed by atoms with Crippen LogP contribution in [0.5, 0.6) is 5.75 Å². The number of nitrogens with one attached hydrogen (secondary N) is 1. The van der Waals surface area contributed by atoms with Crippen LogP contribution in [0.3, 0.4) is 0 Å². The maximum Gasteiger partial charge on any atom is 0.239 e. The van der Waals surface area contributed by atoms with Crippen LogP contribution >= 0.6 is 0 Å². The SMILES string of the molecule is C=C1c2cc(OC)ccc2CN1C[C@]1(c2ccc(C)cc2)C(=O)NC(=O)C1CC. The van der Waals surface area contributed by atoms with E-state index in [9.17, 15) is 9.59 Å². The van der Waals surface area contributed by atoms with Crippen molar-refractivity contribution in [3.8, 4) is 5.75 Å². The van der Waals surface area contributed by atoms with E-state index in [2.05, 4.69) is 16.8 Å². The number of hydrogen-bond acceptors (Lipinski definition) is 4. The number of ether oxygens (including phenoxy) is 1. The van der Waals surface area contributed by atoms with E-state index in [-0.39, 0.29) is 11.8 Å². The summed E-state index contributed by atoms with van der Waals surface area (Å²) in [5.41, 5.74) is 4.09. The lowest BCUT2D eigenvalue weighted by molar-refractivity contribution is -0.126. The number of carbonyl (C=O) groups is 2. The molecule has 2 aromatic rings. The Morgan fingerprint density at radius 2 is 1.93 bits per heavy atom. The highest BCUT2D eigenvalue weighted by atomic mass is 16.5. The van der Waals surface area contributed by atoms with Crippen LogP contribution in [0.1, 0.15) is 35.6 Å². The molecule has 0 spiro atoms. The first kappa shape index (κ1) is 19.2. The first-order valence-electron chi connectivity index (χ1n) is 9.94. The molecule has 1 saturated heterocycles. The summed E-state index contributed by atoms with van der Waals surface area (Å²) >= 11 is 0. The number of carbonyl (C=O) groups excluding carboxylic acids is 2. The third-order valence-corrected chi connectivity index (χ3v) is 6.34. The fraction of sp³-hybridized carbons (Fsp3) is 0.333. The van der Waals surface area contributed by atoms with E-state index < -0.39 is 11.3 Å². The normalized spacial score (nSPS) is 23.3. The van der Waals surface area contributed by atoms with E-state index in [1.807, 2.05) is 56.3 Å². The second-order valence-electron chi connectivity index (χ2n) is 7.94. The van der Waals surface area contributed by atoms with Crippen molar-refractivity contribution in [2.45, 2.75) is 32.2 Å². The summed E-state index contributed by atoms with van der Waals surface area (Å²) in [5.74, 6) is -0.0504. The molecule has 4 rings (SSSR count). The molecule has 0 saturated carbocycles. The third-order valence-electron chi connectivity index (χ3n) is 6.34. The number of methoxy groups -OCH3 is 1. The van der Waals surface area contributed by atoms with Gasteiger partial charge in [0, 0.05) is 24.4 Å². The number of nitrogens with zero attached hydrogens (tertiary/aromatic N) is 1. The monoisotopic (exact) mass is 390 g/mol. The molecule has 0 aromatic heterocycles. The van der Waals surface area contributed by atoms with Crippen LogP contribution in [0.2, 0.25) is 0 Å². The zero-order chi connectivity index (χ0) is 20.8. The molecule has 1 unspecified atom stereocenters. The Bertz CT molecular complexity index is 996. The van der Waals surface area contributed by atoms with E-state index >= 15 is 0 Å². The van der Waals surface area contributed by atoms with Gasteiger partial charge >= 0.3 is 0 Å². The van der Waals surface area contributed by atoms with E-state index in [0.29, 0.717) is 19.5 Å². The molecule has 1 fully saturated rings. The van der Waals surface area contributed by atoms with Gasteiger partial charge in [-0.15, -0.1) is 0 Å². The Kier molecular flexibility index (Phi) is 4.69. The highest BCUT2D eigenvalue weighted by Gasteiger charge is 2.56. The van der Waals surface area contributed by atoms with Crippen LogP contribution in [-0.2, 0) is 21.5 Å². The summed E-state index contributed by atoms with van der Waals surface area (Å²) in [5, 5.41) is 2.60. The summed E-state index contributed by atoms with van der Waals surface area (Å²) in [6, 6.07) is 13.9. The second kappa shape index (κ2) is 7.07. The van der Waals surface area contributed by atoms with Crippen molar-refractivity contribution in [1.29, 1.82) is 0 Å². The number of benzene rings is 2. The molecule has 2 amide bonds. The lowest BCUT2D eigenvalue weighted by Gasteiger charge is -2.36. The van der Waals surface area contributed by atoms with Gasteiger partial charge < -0.3 is 9.64 Å². The topological polar surface area (TPSA) is 58.6 Å². The molecule has 150 valence electrons. The molecule has 2 aliphatic heterocycles. The van der Waals surface area contributed by atoms with Crippen LogP contribution < -0.4 is 10.1 Å². The quantitative estimate of drug-likeness (QED) is 0.795. The van der Waals surface area contributed by atoms with Crippen molar-refractivity contribution in [3.05, 3.63) is 71.3 Å². The van der Waals surface area contributed by atoms with Gasteiger partial charge in [0.05, 0.1) is 13.0 Å². The number of rotatable bonds is 5. The van der Waals surface area contributed by atoms with Gasteiger partial charge in [-0.2, -0.15) is 0 Å². The number of imide groups is 1. The summed E-state index contributed by atoms with van der Waals surface area (Å²) in [7, 11) is 1.64. The summed E-state index contributed by atoms with van der Waals surface area (Å²) in [4.78, 5) is 28.0. The highest BCUT2D eigenvalue weighted by Crippen LogP contribution is 2.44. The minimum atomic E-state index is -0.936. The van der Waals surface area contributed by atoms with Crippen LogP contribution in [0, 0.1) is 12.8 Å². The maximum atomic E-state index is 13.2. The van der Waals surface area contributed by atoms with Gasteiger partial charge in [-0.25, -0.2) is 0 Å². The largest absolute Gasteiger partial charge is 0.497 e. The van der Waals surface area contributed by atoms with E-state index in [1.165, 1.54) is 0 Å². The van der Waals surface area contributed by atoms with Crippen LogP contribution in [0.4, 0.5) is 0 Å². The molecular weight excluding hydrogens is 364 g/mol. The average molecular weight is 390 g/mol. The molecule has 5 nitrogen and oxygen atoms in total. The molecular formula is C24H26N2O3. The smallest absolute Gasteiger partial charge is 0.239 e. The average Bonchev–Trinajstić information content (AvgIpc) is 3.15. The van der Waals surface area contributed by atoms with E-state index in [1.54, 1.807) is 7.11 Å². The third kappa shape index (κ3) is 2.92. The molecule has 0 aliphatic carbocycles. The summed E-state index contributed by atoms with van der Waals surface area (Å²) in [6.45, 7) is 9.32. The Labute approximate surface area is 171 Å². The van der Waals surface area contributed by atoms with Gasteiger partial charge in [0.1, 0.15) is 11.2 Å². The predicted octanol–water partition coefficient (Wildman–Crippen LogP) is 3.41. The number of hydrogen-bond donors (Lipinski definition) is 1. The van der Waals surface area contributed by atoms with Crippen molar-refractivity contribution in [2.75, 3.05) is 13.7 Å². The van der Waals surface area contributed by atoms with Crippen molar-refractivity contribution < 1.29 is 14.3 Å². The van der Waals surface area contributed by atoms with Crippen molar-refractivity contribution in [3.63, 3.8) is 0 Å². The number of aryl methyl sites for hydroxylation is 1.